The summed E-state index contributed by atoms with van der Waals surface area (Å²) < 4.78 is 64.4. The molecule has 4 aromatic carbocycles. The van der Waals surface area contributed by atoms with Crippen LogP contribution >= 0.6 is 0 Å². The Bertz CT molecular complexity index is 1600. The largest absolute Gasteiger partial charge is 0.398 e. The van der Waals surface area contributed by atoms with Crippen molar-refractivity contribution in [3.8, 4) is 0 Å². The lowest BCUT2D eigenvalue weighted by Gasteiger charge is -2.07. The fraction of sp³-hybridized carbons (Fsp3) is 0. The van der Waals surface area contributed by atoms with E-state index in [0.717, 1.165) is 0 Å². The second-order valence-electron chi connectivity index (χ2n) is 6.69. The van der Waals surface area contributed by atoms with Crippen LogP contribution in [0.3, 0.4) is 0 Å². The van der Waals surface area contributed by atoms with Gasteiger partial charge < -0.3 is 5.73 Å². The van der Waals surface area contributed by atoms with Crippen molar-refractivity contribution in [1.82, 2.24) is 0 Å². The van der Waals surface area contributed by atoms with Crippen molar-refractivity contribution in [3.63, 3.8) is 0 Å². The van der Waals surface area contributed by atoms with E-state index in [9.17, 15) is 25.9 Å². The number of hydrogen-bond acceptors (Lipinski definition) is 7. The molecule has 9 nitrogen and oxygen atoms in total. The van der Waals surface area contributed by atoms with Crippen molar-refractivity contribution in [2.75, 3.05) is 5.73 Å². The van der Waals surface area contributed by atoms with E-state index in [1.165, 1.54) is 36.4 Å². The average Bonchev–Trinajstić information content (AvgIpc) is 2.71. The van der Waals surface area contributed by atoms with E-state index < -0.39 is 20.2 Å². The van der Waals surface area contributed by atoms with Crippen molar-refractivity contribution < 1.29 is 25.9 Å². The summed E-state index contributed by atoms with van der Waals surface area (Å²) >= 11 is 0. The van der Waals surface area contributed by atoms with E-state index in [0.29, 0.717) is 38.6 Å². The molecule has 0 fully saturated rings. The van der Waals surface area contributed by atoms with Gasteiger partial charge in [0.1, 0.15) is 0 Å². The molecular weight excluding hydrogens is 442 g/mol. The molecule has 11 heteroatoms. The van der Waals surface area contributed by atoms with E-state index in [1.54, 1.807) is 30.3 Å². The molecule has 0 aromatic heterocycles. The summed E-state index contributed by atoms with van der Waals surface area (Å²) in [6.07, 6.45) is 0. The second-order valence-corrected chi connectivity index (χ2v) is 9.53. The van der Waals surface area contributed by atoms with Gasteiger partial charge in [-0.2, -0.15) is 16.8 Å². The molecule has 0 aliphatic carbocycles. The standard InChI is InChI=1S/C20H15N3O6S2/c21-18-8-9-20(15-7-6-14(11-17(15)18)31(27,28)29)23-22-19-3-1-2-12-4-5-13(10-16(12)19)30(24,25)26/h1-11H,21H2,(H,24,25,26)(H,27,28,29). The monoisotopic (exact) mass is 457 g/mol. The van der Waals surface area contributed by atoms with Gasteiger partial charge in [-0.3, -0.25) is 9.11 Å². The minimum Gasteiger partial charge on any atom is -0.398 e. The van der Waals surface area contributed by atoms with Crippen molar-refractivity contribution >= 4 is 58.8 Å². The molecule has 0 atom stereocenters. The molecule has 4 N–H and O–H groups in total. The first-order chi connectivity index (χ1) is 14.5. The summed E-state index contributed by atoms with van der Waals surface area (Å²) in [6, 6.07) is 16.3. The topological polar surface area (TPSA) is 159 Å². The zero-order valence-electron chi connectivity index (χ0n) is 15.7. The van der Waals surface area contributed by atoms with E-state index in [-0.39, 0.29) is 9.79 Å². The third-order valence-electron chi connectivity index (χ3n) is 4.69. The molecule has 0 saturated carbocycles. The van der Waals surface area contributed by atoms with Gasteiger partial charge in [-0.1, -0.05) is 24.3 Å². The summed E-state index contributed by atoms with van der Waals surface area (Å²) in [7, 11) is -8.78. The van der Waals surface area contributed by atoms with Crippen LogP contribution in [0.4, 0.5) is 17.1 Å². The highest BCUT2D eigenvalue weighted by atomic mass is 32.2. The minimum absolute atomic E-state index is 0.265. The first-order valence-corrected chi connectivity index (χ1v) is 11.6. The number of nitrogen functional groups attached to an aromatic ring is 1. The number of hydrogen-bond donors (Lipinski definition) is 3. The molecule has 0 radical (unpaired) electrons. The lowest BCUT2D eigenvalue weighted by molar-refractivity contribution is 0.481. The maximum atomic E-state index is 11.5. The van der Waals surface area contributed by atoms with Crippen LogP contribution in [0, 0.1) is 0 Å². The van der Waals surface area contributed by atoms with Crippen LogP contribution in [-0.4, -0.2) is 25.9 Å². The zero-order valence-corrected chi connectivity index (χ0v) is 17.3. The molecule has 4 rings (SSSR count). The van der Waals surface area contributed by atoms with Gasteiger partial charge >= 0.3 is 0 Å². The molecule has 0 heterocycles. The third-order valence-corrected chi connectivity index (χ3v) is 6.39. The zero-order chi connectivity index (χ0) is 22.4. The summed E-state index contributed by atoms with van der Waals surface area (Å²) in [5.41, 5.74) is 6.99. The number of rotatable bonds is 4. The Labute approximate surface area is 177 Å². The second kappa shape index (κ2) is 7.39. The van der Waals surface area contributed by atoms with Crippen LogP contribution in [0.15, 0.2) is 86.7 Å². The van der Waals surface area contributed by atoms with Crippen molar-refractivity contribution in [2.45, 2.75) is 9.79 Å². The molecular formula is C20H15N3O6S2. The fourth-order valence-electron chi connectivity index (χ4n) is 3.17. The minimum atomic E-state index is -4.40. The van der Waals surface area contributed by atoms with Crippen LogP contribution < -0.4 is 5.73 Å². The summed E-state index contributed by atoms with van der Waals surface area (Å²) in [5, 5.41) is 10.5. The number of nitrogens with zero attached hydrogens (tertiary/aromatic N) is 2. The van der Waals surface area contributed by atoms with Gasteiger partial charge in [-0.15, -0.1) is 10.2 Å². The Morgan fingerprint density at radius 1 is 0.645 bits per heavy atom. The maximum absolute atomic E-state index is 11.5. The quantitative estimate of drug-likeness (QED) is 0.231. The van der Waals surface area contributed by atoms with Crippen LogP contribution in [0.5, 0.6) is 0 Å². The molecule has 31 heavy (non-hydrogen) atoms. The molecule has 0 aliphatic heterocycles. The molecule has 0 aliphatic rings. The molecule has 0 saturated heterocycles. The Kier molecular flexibility index (Phi) is 4.98. The lowest BCUT2D eigenvalue weighted by Crippen LogP contribution is -1.98. The molecule has 0 bridgehead atoms. The maximum Gasteiger partial charge on any atom is 0.294 e. The normalized spacial score (nSPS) is 12.7. The first-order valence-electron chi connectivity index (χ1n) is 8.76. The number of benzene rings is 4. The van der Waals surface area contributed by atoms with Gasteiger partial charge in [-0.05, 0) is 47.9 Å². The number of fused-ring (bicyclic) bond motifs is 2. The van der Waals surface area contributed by atoms with Gasteiger partial charge in [0.2, 0.25) is 0 Å². The van der Waals surface area contributed by atoms with Crippen LogP contribution in [0.2, 0.25) is 0 Å². The molecule has 0 unspecified atom stereocenters. The van der Waals surface area contributed by atoms with E-state index in [4.69, 9.17) is 5.73 Å². The molecule has 0 spiro atoms. The van der Waals surface area contributed by atoms with Crippen molar-refractivity contribution in [2.24, 2.45) is 10.2 Å². The average molecular weight is 457 g/mol. The van der Waals surface area contributed by atoms with Crippen molar-refractivity contribution in [1.29, 1.82) is 0 Å². The number of azo groups is 1. The highest BCUT2D eigenvalue weighted by Crippen LogP contribution is 2.35. The Balaban J connectivity index is 1.85. The SMILES string of the molecule is Nc1ccc(N=Nc2cccc3ccc(S(=O)(=O)O)cc23)c2ccc(S(=O)(=O)O)cc12. The smallest absolute Gasteiger partial charge is 0.294 e. The molecule has 0 amide bonds. The lowest BCUT2D eigenvalue weighted by atomic mass is 10.1. The van der Waals surface area contributed by atoms with Gasteiger partial charge in [0.25, 0.3) is 20.2 Å². The van der Waals surface area contributed by atoms with E-state index in [2.05, 4.69) is 10.2 Å². The highest BCUT2D eigenvalue weighted by Gasteiger charge is 2.14. The van der Waals surface area contributed by atoms with Gasteiger partial charge in [0.05, 0.1) is 21.2 Å². The van der Waals surface area contributed by atoms with E-state index >= 15 is 0 Å². The number of anilines is 1. The summed E-state index contributed by atoms with van der Waals surface area (Å²) in [4.78, 5) is -0.564. The highest BCUT2D eigenvalue weighted by molar-refractivity contribution is 7.86. The summed E-state index contributed by atoms with van der Waals surface area (Å²) in [6.45, 7) is 0. The Hall–Kier alpha value is -3.38. The number of nitrogens with two attached hydrogens (primary N) is 1. The van der Waals surface area contributed by atoms with Crippen LogP contribution in [-0.2, 0) is 20.2 Å². The predicted octanol–water partition coefficient (Wildman–Crippen LogP) is 4.48. The molecule has 158 valence electrons. The first kappa shape index (κ1) is 20.9. The summed E-state index contributed by atoms with van der Waals surface area (Å²) in [5.74, 6) is 0. The third kappa shape index (κ3) is 4.11. The Morgan fingerprint density at radius 2 is 1.23 bits per heavy atom. The van der Waals surface area contributed by atoms with Gasteiger partial charge in [0, 0.05) is 21.8 Å². The van der Waals surface area contributed by atoms with Crippen LogP contribution in [0.1, 0.15) is 0 Å². The van der Waals surface area contributed by atoms with Crippen LogP contribution in [0.25, 0.3) is 21.5 Å². The predicted molar refractivity (Wildman–Crippen MR) is 116 cm³/mol. The van der Waals surface area contributed by atoms with Gasteiger partial charge in [0.15, 0.2) is 0 Å². The van der Waals surface area contributed by atoms with Crippen molar-refractivity contribution in [3.05, 3.63) is 66.7 Å². The van der Waals surface area contributed by atoms with E-state index in [1.807, 2.05) is 0 Å². The van der Waals surface area contributed by atoms with Gasteiger partial charge in [-0.25, -0.2) is 0 Å². The Morgan fingerprint density at radius 3 is 1.87 bits per heavy atom. The molecule has 4 aromatic rings. The fourth-order valence-corrected chi connectivity index (χ4v) is 4.19.